The van der Waals surface area contributed by atoms with Crippen LogP contribution in [-0.4, -0.2) is 17.4 Å². The third-order valence-electron chi connectivity index (χ3n) is 3.57. The van der Waals surface area contributed by atoms with Gasteiger partial charge in [0.15, 0.2) is 0 Å². The Morgan fingerprint density at radius 1 is 1.22 bits per heavy atom. The molecule has 0 aliphatic heterocycles. The van der Waals surface area contributed by atoms with Crippen molar-refractivity contribution in [2.75, 3.05) is 11.9 Å². The van der Waals surface area contributed by atoms with Crippen molar-refractivity contribution < 1.29 is 9.72 Å². The minimum Gasteiger partial charge on any atom is -0.324 e. The Hall–Kier alpha value is -2.73. The number of hydrogen-bond donors (Lipinski definition) is 2. The van der Waals surface area contributed by atoms with Gasteiger partial charge in [-0.05, 0) is 25.0 Å². The normalized spacial score (nSPS) is 11.7. The predicted molar refractivity (Wildman–Crippen MR) is 89.3 cm³/mol. The molecule has 120 valence electrons. The topological polar surface area (TPSA) is 84.3 Å². The largest absolute Gasteiger partial charge is 0.324 e. The molecule has 1 amide bonds. The highest BCUT2D eigenvalue weighted by Gasteiger charge is 2.12. The van der Waals surface area contributed by atoms with Crippen molar-refractivity contribution in [1.82, 2.24) is 5.32 Å². The fraction of sp³-hybridized carbons (Fsp3) is 0.235. The van der Waals surface area contributed by atoms with Crippen LogP contribution in [0, 0.1) is 17.0 Å². The number of nitro groups is 1. The molecule has 2 aromatic rings. The minimum absolute atomic E-state index is 0.0353. The van der Waals surface area contributed by atoms with E-state index in [1.807, 2.05) is 37.3 Å². The van der Waals surface area contributed by atoms with Gasteiger partial charge in [-0.1, -0.05) is 36.4 Å². The Morgan fingerprint density at radius 3 is 2.57 bits per heavy atom. The predicted octanol–water partition coefficient (Wildman–Crippen LogP) is 3.19. The number of nitro benzene ring substituents is 1. The van der Waals surface area contributed by atoms with Crippen LogP contribution in [0.1, 0.15) is 24.1 Å². The van der Waals surface area contributed by atoms with Crippen LogP contribution in [0.5, 0.6) is 0 Å². The van der Waals surface area contributed by atoms with E-state index in [0.717, 1.165) is 11.1 Å². The van der Waals surface area contributed by atoms with Crippen molar-refractivity contribution in [1.29, 1.82) is 0 Å². The van der Waals surface area contributed by atoms with Gasteiger partial charge in [0, 0.05) is 18.2 Å². The zero-order valence-electron chi connectivity index (χ0n) is 13.1. The van der Waals surface area contributed by atoms with Gasteiger partial charge in [0.25, 0.3) is 5.69 Å². The van der Waals surface area contributed by atoms with Gasteiger partial charge in [-0.2, -0.15) is 0 Å². The van der Waals surface area contributed by atoms with E-state index in [0.29, 0.717) is 5.69 Å². The molecule has 0 unspecified atom stereocenters. The lowest BCUT2D eigenvalue weighted by molar-refractivity contribution is -0.384. The van der Waals surface area contributed by atoms with Crippen molar-refractivity contribution >= 4 is 17.3 Å². The fourth-order valence-corrected chi connectivity index (χ4v) is 2.16. The zero-order valence-corrected chi connectivity index (χ0v) is 13.1. The average Bonchev–Trinajstić information content (AvgIpc) is 2.55. The molecule has 0 aliphatic rings. The Kier molecular flexibility index (Phi) is 5.43. The maximum Gasteiger partial charge on any atom is 0.271 e. The van der Waals surface area contributed by atoms with Crippen LogP contribution in [0.15, 0.2) is 48.5 Å². The van der Waals surface area contributed by atoms with Gasteiger partial charge in [0.2, 0.25) is 5.91 Å². The summed E-state index contributed by atoms with van der Waals surface area (Å²) in [4.78, 5) is 22.4. The van der Waals surface area contributed by atoms with Gasteiger partial charge in [0.05, 0.1) is 17.2 Å². The summed E-state index contributed by atoms with van der Waals surface area (Å²) in [5.41, 5.74) is 2.28. The van der Waals surface area contributed by atoms with Crippen LogP contribution in [-0.2, 0) is 4.79 Å². The van der Waals surface area contributed by atoms with E-state index in [4.69, 9.17) is 0 Å². The quantitative estimate of drug-likeness (QED) is 0.633. The van der Waals surface area contributed by atoms with Gasteiger partial charge >= 0.3 is 0 Å². The summed E-state index contributed by atoms with van der Waals surface area (Å²) < 4.78 is 0. The van der Waals surface area contributed by atoms with Crippen LogP contribution in [0.2, 0.25) is 0 Å². The summed E-state index contributed by atoms with van der Waals surface area (Å²) in [6.45, 7) is 3.89. The molecule has 0 heterocycles. The van der Waals surface area contributed by atoms with Crippen LogP contribution in [0.4, 0.5) is 11.4 Å². The van der Waals surface area contributed by atoms with Crippen LogP contribution in [0.25, 0.3) is 0 Å². The molecule has 2 rings (SSSR count). The fourth-order valence-electron chi connectivity index (χ4n) is 2.16. The smallest absolute Gasteiger partial charge is 0.271 e. The van der Waals surface area contributed by atoms with Crippen molar-refractivity contribution in [3.63, 3.8) is 0 Å². The van der Waals surface area contributed by atoms with Crippen LogP contribution in [0.3, 0.4) is 0 Å². The Labute approximate surface area is 134 Å². The van der Waals surface area contributed by atoms with Crippen LogP contribution < -0.4 is 10.6 Å². The number of carbonyl (C=O) groups excluding carboxylic acids is 1. The lowest BCUT2D eigenvalue weighted by Crippen LogP contribution is -2.30. The highest BCUT2D eigenvalue weighted by Crippen LogP contribution is 2.21. The Morgan fingerprint density at radius 2 is 1.91 bits per heavy atom. The standard InChI is InChI=1S/C17H19N3O3/c1-12-8-9-15(20(22)23)10-16(12)19-17(21)11-18-13(2)14-6-4-3-5-7-14/h3-10,13,18H,11H2,1-2H3,(H,19,21)/t13-/m1/s1. The molecule has 1 atom stereocenters. The third-order valence-corrected chi connectivity index (χ3v) is 3.57. The molecule has 23 heavy (non-hydrogen) atoms. The summed E-state index contributed by atoms with van der Waals surface area (Å²) >= 11 is 0. The second-order valence-corrected chi connectivity index (χ2v) is 5.32. The molecule has 0 fully saturated rings. The van der Waals surface area contributed by atoms with Crippen LogP contribution >= 0.6 is 0 Å². The van der Waals surface area contributed by atoms with Crippen molar-refractivity contribution in [2.45, 2.75) is 19.9 Å². The lowest BCUT2D eigenvalue weighted by Gasteiger charge is -2.14. The van der Waals surface area contributed by atoms with Gasteiger partial charge < -0.3 is 10.6 Å². The molecule has 0 bridgehead atoms. The Balaban J connectivity index is 1.95. The first-order valence-corrected chi connectivity index (χ1v) is 7.30. The van der Waals surface area contributed by atoms with E-state index >= 15 is 0 Å². The molecule has 0 aromatic heterocycles. The first-order chi connectivity index (χ1) is 11.0. The molecule has 2 aromatic carbocycles. The number of anilines is 1. The van der Waals surface area contributed by atoms with Crippen molar-refractivity contribution in [3.05, 3.63) is 69.8 Å². The van der Waals surface area contributed by atoms with E-state index < -0.39 is 4.92 Å². The SMILES string of the molecule is Cc1ccc([N+](=O)[O-])cc1NC(=O)CN[C@H](C)c1ccccc1. The maximum absolute atomic E-state index is 12.0. The number of hydrogen-bond acceptors (Lipinski definition) is 4. The highest BCUT2D eigenvalue weighted by atomic mass is 16.6. The van der Waals surface area contributed by atoms with E-state index in [1.54, 1.807) is 13.0 Å². The molecule has 6 heteroatoms. The number of aryl methyl sites for hydroxylation is 1. The van der Waals surface area contributed by atoms with E-state index in [-0.39, 0.29) is 24.2 Å². The first kappa shape index (κ1) is 16.6. The van der Waals surface area contributed by atoms with Gasteiger partial charge in [-0.15, -0.1) is 0 Å². The third kappa shape index (κ3) is 4.62. The summed E-state index contributed by atoms with van der Waals surface area (Å²) in [5.74, 6) is -0.239. The second-order valence-electron chi connectivity index (χ2n) is 5.32. The van der Waals surface area contributed by atoms with Gasteiger partial charge in [0.1, 0.15) is 0 Å². The number of nitrogens with one attached hydrogen (secondary N) is 2. The second kappa shape index (κ2) is 7.51. The molecule has 0 spiro atoms. The molecule has 2 N–H and O–H groups in total. The summed E-state index contributed by atoms with van der Waals surface area (Å²) in [5, 5.41) is 16.6. The molecule has 0 saturated carbocycles. The van der Waals surface area contributed by atoms with Crippen molar-refractivity contribution in [2.24, 2.45) is 0 Å². The summed E-state index contributed by atoms with van der Waals surface area (Å²) in [7, 11) is 0. The average molecular weight is 313 g/mol. The number of non-ortho nitro benzene ring substituents is 1. The summed E-state index contributed by atoms with van der Waals surface area (Å²) in [6, 6.07) is 14.2. The monoisotopic (exact) mass is 313 g/mol. The van der Waals surface area contributed by atoms with Crippen molar-refractivity contribution in [3.8, 4) is 0 Å². The summed E-state index contributed by atoms with van der Waals surface area (Å²) in [6.07, 6.45) is 0. The molecule has 0 radical (unpaired) electrons. The number of benzene rings is 2. The number of nitrogens with zero attached hydrogens (tertiary/aromatic N) is 1. The number of carbonyl (C=O) groups is 1. The molecular weight excluding hydrogens is 294 g/mol. The maximum atomic E-state index is 12.0. The Bertz CT molecular complexity index is 701. The molecule has 0 aliphatic carbocycles. The minimum atomic E-state index is -0.481. The zero-order chi connectivity index (χ0) is 16.8. The van der Waals surface area contributed by atoms with Gasteiger partial charge in [-0.3, -0.25) is 14.9 Å². The molecule has 0 saturated heterocycles. The van der Waals surface area contributed by atoms with Gasteiger partial charge in [-0.25, -0.2) is 0 Å². The van der Waals surface area contributed by atoms with E-state index in [9.17, 15) is 14.9 Å². The number of rotatable bonds is 6. The molecule has 6 nitrogen and oxygen atoms in total. The molecular formula is C17H19N3O3. The van der Waals surface area contributed by atoms with E-state index in [1.165, 1.54) is 12.1 Å². The highest BCUT2D eigenvalue weighted by molar-refractivity contribution is 5.93. The lowest BCUT2D eigenvalue weighted by atomic mass is 10.1. The number of amides is 1. The first-order valence-electron chi connectivity index (χ1n) is 7.30. The van der Waals surface area contributed by atoms with E-state index in [2.05, 4.69) is 10.6 Å².